The largest absolute Gasteiger partial charge is 0.329 e. The van der Waals surface area contributed by atoms with Crippen molar-refractivity contribution in [2.24, 2.45) is 11.7 Å². The summed E-state index contributed by atoms with van der Waals surface area (Å²) in [6.45, 7) is 7.86. The van der Waals surface area contributed by atoms with Gasteiger partial charge in [0, 0.05) is 58.9 Å². The van der Waals surface area contributed by atoms with Crippen LogP contribution in [0.5, 0.6) is 0 Å². The molecule has 1 fully saturated rings. The lowest BCUT2D eigenvalue weighted by atomic mass is 10.2. The number of nitrogens with two attached hydrogens (primary N) is 1. The van der Waals surface area contributed by atoms with Gasteiger partial charge in [0.05, 0.1) is 12.1 Å². The number of nitriles is 2. The predicted molar refractivity (Wildman–Crippen MR) is 69.5 cm³/mol. The monoisotopic (exact) mass is 250 g/mol. The fourth-order valence-corrected chi connectivity index (χ4v) is 2.06. The Morgan fingerprint density at radius 3 is 2.44 bits per heavy atom. The van der Waals surface area contributed by atoms with E-state index in [1.165, 1.54) is 0 Å². The maximum atomic E-state index is 8.81. The minimum absolute atomic E-state index is 0.496. The molecule has 100 valence electrons. The third kappa shape index (κ3) is 5.44. The van der Waals surface area contributed by atoms with Crippen molar-refractivity contribution in [3.8, 4) is 12.1 Å². The van der Waals surface area contributed by atoms with Gasteiger partial charge in [-0.25, -0.2) is 0 Å². The van der Waals surface area contributed by atoms with Crippen LogP contribution in [0.2, 0.25) is 0 Å². The maximum absolute atomic E-state index is 8.81. The summed E-state index contributed by atoms with van der Waals surface area (Å²) >= 11 is 0. The van der Waals surface area contributed by atoms with Gasteiger partial charge in [-0.1, -0.05) is 0 Å². The van der Waals surface area contributed by atoms with Gasteiger partial charge in [0.25, 0.3) is 0 Å². The highest BCUT2D eigenvalue weighted by Gasteiger charge is 2.15. The van der Waals surface area contributed by atoms with E-state index in [9.17, 15) is 0 Å². The second kappa shape index (κ2) is 8.84. The molecule has 0 aromatic heterocycles. The van der Waals surface area contributed by atoms with Crippen molar-refractivity contribution >= 4 is 0 Å². The third-order valence-corrected chi connectivity index (χ3v) is 3.14. The molecule has 0 aliphatic carbocycles. The van der Waals surface area contributed by atoms with E-state index in [0.717, 1.165) is 45.8 Å². The van der Waals surface area contributed by atoms with E-state index in [4.69, 9.17) is 16.3 Å². The number of rotatable bonds is 7. The highest BCUT2D eigenvalue weighted by Crippen LogP contribution is 2.00. The summed E-state index contributed by atoms with van der Waals surface area (Å²) < 4.78 is 0. The Morgan fingerprint density at radius 2 is 1.89 bits per heavy atom. The van der Waals surface area contributed by atoms with E-state index >= 15 is 0 Å². The van der Waals surface area contributed by atoms with Crippen molar-refractivity contribution in [3.05, 3.63) is 0 Å². The van der Waals surface area contributed by atoms with Crippen LogP contribution in [0, 0.1) is 28.6 Å². The van der Waals surface area contributed by atoms with E-state index in [-0.39, 0.29) is 0 Å². The zero-order valence-electron chi connectivity index (χ0n) is 10.8. The Hall–Kier alpha value is -1.18. The molecule has 1 aliphatic rings. The first-order valence-electron chi connectivity index (χ1n) is 6.45. The van der Waals surface area contributed by atoms with E-state index in [1.807, 2.05) is 12.1 Å². The summed E-state index contributed by atoms with van der Waals surface area (Å²) in [4.78, 5) is 4.51. The number of hydrogen-bond acceptors (Lipinski definition) is 6. The van der Waals surface area contributed by atoms with E-state index in [0.29, 0.717) is 13.1 Å². The summed E-state index contributed by atoms with van der Waals surface area (Å²) in [6.07, 6.45) is 0. The maximum Gasteiger partial charge on any atom is 0.145 e. The molecule has 0 radical (unpaired) electrons. The standard InChI is InChI=1S/C12H22N6/c13-1-4-18(11-12(9-14)10-15)8-7-17-5-2-16-3-6-17/h12,16H,1-8,11,13H2. The van der Waals surface area contributed by atoms with Crippen LogP contribution in [0.3, 0.4) is 0 Å². The molecule has 6 nitrogen and oxygen atoms in total. The van der Waals surface area contributed by atoms with Crippen LogP contribution in [-0.2, 0) is 0 Å². The Bertz CT molecular complexity index is 285. The number of hydrogen-bond donors (Lipinski definition) is 2. The summed E-state index contributed by atoms with van der Waals surface area (Å²) in [7, 11) is 0. The topological polar surface area (TPSA) is 92.1 Å². The van der Waals surface area contributed by atoms with Gasteiger partial charge in [-0.05, 0) is 0 Å². The SMILES string of the molecule is N#CC(C#N)CN(CCN)CCN1CCNCC1. The molecular formula is C12H22N6. The Balaban J connectivity index is 2.32. The zero-order chi connectivity index (χ0) is 13.2. The molecule has 1 rings (SSSR count). The van der Waals surface area contributed by atoms with Crippen molar-refractivity contribution in [2.45, 2.75) is 0 Å². The van der Waals surface area contributed by atoms with Crippen molar-refractivity contribution in [1.82, 2.24) is 15.1 Å². The summed E-state index contributed by atoms with van der Waals surface area (Å²) in [6, 6.07) is 4.02. The van der Waals surface area contributed by atoms with Gasteiger partial charge in [-0.2, -0.15) is 10.5 Å². The molecule has 0 atom stereocenters. The van der Waals surface area contributed by atoms with Gasteiger partial charge in [-0.15, -0.1) is 0 Å². The molecule has 1 saturated heterocycles. The normalized spacial score (nSPS) is 16.7. The molecule has 3 N–H and O–H groups in total. The van der Waals surface area contributed by atoms with Crippen LogP contribution in [0.4, 0.5) is 0 Å². The predicted octanol–water partition coefficient (Wildman–Crippen LogP) is -1.18. The smallest absolute Gasteiger partial charge is 0.145 e. The second-order valence-electron chi connectivity index (χ2n) is 4.49. The Kier molecular flexibility index (Phi) is 7.31. The molecule has 18 heavy (non-hydrogen) atoms. The minimum atomic E-state index is -0.556. The summed E-state index contributed by atoms with van der Waals surface area (Å²) in [5.74, 6) is -0.556. The average Bonchev–Trinajstić information content (AvgIpc) is 2.43. The van der Waals surface area contributed by atoms with Gasteiger partial charge in [0.15, 0.2) is 0 Å². The molecule has 0 unspecified atom stereocenters. The van der Waals surface area contributed by atoms with Gasteiger partial charge in [-0.3, -0.25) is 9.80 Å². The van der Waals surface area contributed by atoms with Crippen molar-refractivity contribution < 1.29 is 0 Å². The zero-order valence-corrected chi connectivity index (χ0v) is 10.8. The van der Waals surface area contributed by atoms with Crippen LogP contribution in [0.25, 0.3) is 0 Å². The lowest BCUT2D eigenvalue weighted by Gasteiger charge is -2.30. The summed E-state index contributed by atoms with van der Waals surface area (Å²) in [5.41, 5.74) is 5.57. The Morgan fingerprint density at radius 1 is 1.22 bits per heavy atom. The van der Waals surface area contributed by atoms with Crippen LogP contribution in [0.1, 0.15) is 0 Å². The lowest BCUT2D eigenvalue weighted by Crippen LogP contribution is -2.47. The van der Waals surface area contributed by atoms with Gasteiger partial charge < -0.3 is 11.1 Å². The van der Waals surface area contributed by atoms with Gasteiger partial charge in [0.2, 0.25) is 0 Å². The summed E-state index contributed by atoms with van der Waals surface area (Å²) in [5, 5.41) is 20.9. The number of nitrogens with zero attached hydrogens (tertiary/aromatic N) is 4. The van der Waals surface area contributed by atoms with Crippen LogP contribution in [0.15, 0.2) is 0 Å². The van der Waals surface area contributed by atoms with Crippen molar-refractivity contribution in [2.75, 3.05) is 58.9 Å². The van der Waals surface area contributed by atoms with Crippen molar-refractivity contribution in [3.63, 3.8) is 0 Å². The molecule has 1 aliphatic heterocycles. The second-order valence-corrected chi connectivity index (χ2v) is 4.49. The van der Waals surface area contributed by atoms with Crippen LogP contribution in [-0.4, -0.2) is 68.7 Å². The quantitative estimate of drug-likeness (QED) is 0.590. The van der Waals surface area contributed by atoms with Crippen LogP contribution >= 0.6 is 0 Å². The molecule has 0 amide bonds. The third-order valence-electron chi connectivity index (χ3n) is 3.14. The Labute approximate surface area is 109 Å². The average molecular weight is 250 g/mol. The fraction of sp³-hybridized carbons (Fsp3) is 0.833. The highest BCUT2D eigenvalue weighted by molar-refractivity contribution is 5.00. The number of piperazine rings is 1. The minimum Gasteiger partial charge on any atom is -0.329 e. The first-order valence-corrected chi connectivity index (χ1v) is 6.45. The first kappa shape index (κ1) is 14.9. The molecule has 6 heteroatoms. The molecule has 0 aromatic rings. The van der Waals surface area contributed by atoms with Crippen molar-refractivity contribution in [1.29, 1.82) is 10.5 Å². The molecular weight excluding hydrogens is 228 g/mol. The molecule has 1 heterocycles. The fourth-order valence-electron chi connectivity index (χ4n) is 2.06. The van der Waals surface area contributed by atoms with E-state index in [2.05, 4.69) is 15.1 Å². The first-order chi connectivity index (χ1) is 8.80. The number of nitrogens with one attached hydrogen (secondary N) is 1. The van der Waals surface area contributed by atoms with Gasteiger partial charge in [0.1, 0.15) is 5.92 Å². The van der Waals surface area contributed by atoms with Crippen LogP contribution < -0.4 is 11.1 Å². The molecule has 0 saturated carbocycles. The highest BCUT2D eigenvalue weighted by atomic mass is 15.2. The molecule has 0 bridgehead atoms. The van der Waals surface area contributed by atoms with E-state index < -0.39 is 5.92 Å². The van der Waals surface area contributed by atoms with E-state index in [1.54, 1.807) is 0 Å². The molecule has 0 spiro atoms. The lowest BCUT2D eigenvalue weighted by molar-refractivity contribution is 0.187. The van der Waals surface area contributed by atoms with Gasteiger partial charge >= 0.3 is 0 Å². The molecule has 0 aromatic carbocycles.